The van der Waals surface area contributed by atoms with E-state index in [-0.39, 0.29) is 29.4 Å². The van der Waals surface area contributed by atoms with Crippen molar-refractivity contribution in [1.82, 2.24) is 9.66 Å². The molecule has 0 aliphatic heterocycles. The van der Waals surface area contributed by atoms with Gasteiger partial charge in [-0.3, -0.25) is 14.9 Å². The quantitative estimate of drug-likeness (QED) is 0.201. The molecule has 0 fully saturated rings. The van der Waals surface area contributed by atoms with Gasteiger partial charge in [-0.15, -0.1) is 6.42 Å². The molecule has 9 nitrogen and oxygen atoms in total. The number of hydrogen-bond acceptors (Lipinski definition) is 7. The van der Waals surface area contributed by atoms with Crippen LogP contribution in [0.25, 0.3) is 10.9 Å². The molecular formula is C22H19BrN4O5. The number of nitro benzene ring substituents is 1. The Morgan fingerprint density at radius 2 is 2.16 bits per heavy atom. The minimum absolute atomic E-state index is 0.0753. The minimum atomic E-state index is -0.602. The van der Waals surface area contributed by atoms with Crippen molar-refractivity contribution in [2.24, 2.45) is 5.10 Å². The van der Waals surface area contributed by atoms with Gasteiger partial charge in [0.25, 0.3) is 5.56 Å². The zero-order valence-corrected chi connectivity index (χ0v) is 19.0. The van der Waals surface area contributed by atoms with Crippen molar-refractivity contribution >= 4 is 38.7 Å². The van der Waals surface area contributed by atoms with Crippen molar-refractivity contribution in [2.45, 2.75) is 19.8 Å². The van der Waals surface area contributed by atoms with E-state index in [0.717, 1.165) is 10.9 Å². The number of methoxy groups -OCH3 is 1. The summed E-state index contributed by atoms with van der Waals surface area (Å²) in [5.41, 5.74) is 0.236. The highest BCUT2D eigenvalue weighted by atomic mass is 79.9. The standard InChI is InChI=1S/C22H19BrN4O5/c1-4-6-20-25-17-8-7-15(23)12-16(17)22(28)26(20)24-13-14-10-18(27(29)30)21(32-9-5-2)19(11-14)31-3/h2,7-8,10-13H,4,6,9H2,1,3H3. The summed E-state index contributed by atoms with van der Waals surface area (Å²) in [5.74, 6) is 2.80. The van der Waals surface area contributed by atoms with Gasteiger partial charge >= 0.3 is 5.69 Å². The number of aryl methyl sites for hydroxylation is 1. The normalized spacial score (nSPS) is 10.9. The number of terminal acetylenes is 1. The molecule has 0 aliphatic carbocycles. The highest BCUT2D eigenvalue weighted by Crippen LogP contribution is 2.38. The van der Waals surface area contributed by atoms with Crippen molar-refractivity contribution in [3.05, 3.63) is 66.7 Å². The summed E-state index contributed by atoms with van der Waals surface area (Å²) >= 11 is 3.36. The fourth-order valence-corrected chi connectivity index (χ4v) is 3.41. The lowest BCUT2D eigenvalue weighted by Crippen LogP contribution is -2.22. The Morgan fingerprint density at radius 1 is 1.38 bits per heavy atom. The van der Waals surface area contributed by atoms with E-state index in [1.807, 2.05) is 13.0 Å². The average molecular weight is 499 g/mol. The van der Waals surface area contributed by atoms with Crippen molar-refractivity contribution < 1.29 is 14.4 Å². The lowest BCUT2D eigenvalue weighted by Gasteiger charge is -2.11. The number of halogens is 1. The number of fused-ring (bicyclic) bond motifs is 1. The van der Waals surface area contributed by atoms with Gasteiger partial charge in [-0.25, -0.2) is 4.98 Å². The largest absolute Gasteiger partial charge is 0.493 e. The lowest BCUT2D eigenvalue weighted by molar-refractivity contribution is -0.385. The van der Waals surface area contributed by atoms with E-state index in [1.165, 1.54) is 30.1 Å². The maximum absolute atomic E-state index is 13.1. The molecule has 32 heavy (non-hydrogen) atoms. The smallest absolute Gasteiger partial charge is 0.315 e. The highest BCUT2D eigenvalue weighted by molar-refractivity contribution is 9.10. The van der Waals surface area contributed by atoms with E-state index in [0.29, 0.717) is 28.7 Å². The minimum Gasteiger partial charge on any atom is -0.493 e. The van der Waals surface area contributed by atoms with Crippen LogP contribution in [0.1, 0.15) is 24.7 Å². The van der Waals surface area contributed by atoms with Crippen LogP contribution >= 0.6 is 15.9 Å². The molecule has 1 aromatic heterocycles. The van der Waals surface area contributed by atoms with Gasteiger partial charge < -0.3 is 9.47 Å². The Balaban J connectivity index is 2.14. The molecule has 0 bridgehead atoms. The predicted molar refractivity (Wildman–Crippen MR) is 125 cm³/mol. The summed E-state index contributed by atoms with van der Waals surface area (Å²) in [7, 11) is 1.36. The molecule has 0 saturated heterocycles. The van der Waals surface area contributed by atoms with Crippen LogP contribution in [0.15, 0.2) is 44.7 Å². The van der Waals surface area contributed by atoms with Gasteiger partial charge in [0.05, 0.1) is 29.2 Å². The average Bonchev–Trinajstić information content (AvgIpc) is 2.77. The highest BCUT2D eigenvalue weighted by Gasteiger charge is 2.22. The van der Waals surface area contributed by atoms with Crippen LogP contribution in [0.4, 0.5) is 5.69 Å². The third-order valence-corrected chi connectivity index (χ3v) is 4.94. The third kappa shape index (κ3) is 4.78. The van der Waals surface area contributed by atoms with Crippen molar-refractivity contribution in [1.29, 1.82) is 0 Å². The number of aromatic nitrogens is 2. The fraction of sp³-hybridized carbons (Fsp3) is 0.227. The van der Waals surface area contributed by atoms with Gasteiger partial charge in [-0.1, -0.05) is 28.8 Å². The van der Waals surface area contributed by atoms with Crippen LogP contribution in [-0.4, -0.2) is 34.5 Å². The molecule has 0 atom stereocenters. The van der Waals surface area contributed by atoms with E-state index < -0.39 is 4.92 Å². The molecule has 0 unspecified atom stereocenters. The van der Waals surface area contributed by atoms with Gasteiger partial charge in [0.1, 0.15) is 12.4 Å². The van der Waals surface area contributed by atoms with E-state index in [4.69, 9.17) is 15.9 Å². The topological polar surface area (TPSA) is 109 Å². The maximum atomic E-state index is 13.1. The second kappa shape index (κ2) is 10.1. The number of nitrogens with zero attached hydrogens (tertiary/aromatic N) is 4. The first-order chi connectivity index (χ1) is 15.4. The zero-order chi connectivity index (χ0) is 23.3. The first-order valence-electron chi connectivity index (χ1n) is 9.57. The second-order valence-corrected chi connectivity index (χ2v) is 7.54. The molecule has 0 spiro atoms. The third-order valence-electron chi connectivity index (χ3n) is 4.45. The molecule has 0 aliphatic rings. The summed E-state index contributed by atoms with van der Waals surface area (Å²) in [6.45, 7) is 1.81. The number of benzene rings is 2. The molecule has 164 valence electrons. The van der Waals surface area contributed by atoms with E-state index in [1.54, 1.807) is 12.1 Å². The van der Waals surface area contributed by atoms with Crippen molar-refractivity contribution in [3.8, 4) is 23.8 Å². The Labute approximate surface area is 192 Å². The summed E-state index contributed by atoms with van der Waals surface area (Å²) in [6.07, 6.45) is 7.81. The molecule has 0 radical (unpaired) electrons. The number of rotatable bonds is 8. The molecule has 0 amide bonds. The molecule has 3 aromatic rings. The van der Waals surface area contributed by atoms with E-state index in [9.17, 15) is 14.9 Å². The molecule has 1 heterocycles. The Kier molecular flexibility index (Phi) is 7.22. The zero-order valence-electron chi connectivity index (χ0n) is 17.4. The van der Waals surface area contributed by atoms with Crippen LogP contribution in [0.5, 0.6) is 11.5 Å². The monoisotopic (exact) mass is 498 g/mol. The first-order valence-corrected chi connectivity index (χ1v) is 10.4. The van der Waals surface area contributed by atoms with Crippen LogP contribution in [0.2, 0.25) is 0 Å². The van der Waals surface area contributed by atoms with Gasteiger partial charge in [0.15, 0.2) is 5.75 Å². The van der Waals surface area contributed by atoms with E-state index in [2.05, 4.69) is 31.9 Å². The van der Waals surface area contributed by atoms with Gasteiger partial charge in [-0.05, 0) is 30.7 Å². The SMILES string of the molecule is C#CCOc1c(OC)cc(C=Nn2c(CCC)nc3ccc(Br)cc3c2=O)cc1[N+](=O)[O-]. The van der Waals surface area contributed by atoms with Crippen LogP contribution in [0, 0.1) is 22.5 Å². The number of nitro groups is 1. The summed E-state index contributed by atoms with van der Waals surface area (Å²) in [4.78, 5) is 28.6. The molecular weight excluding hydrogens is 480 g/mol. The molecule has 3 rings (SSSR count). The molecule has 2 aromatic carbocycles. The lowest BCUT2D eigenvalue weighted by atomic mass is 10.2. The first kappa shape index (κ1) is 23.0. The van der Waals surface area contributed by atoms with Gasteiger partial charge in [-0.2, -0.15) is 9.78 Å². The molecule has 0 N–H and O–H groups in total. The molecule has 10 heteroatoms. The van der Waals surface area contributed by atoms with Crippen LogP contribution in [-0.2, 0) is 6.42 Å². The fourth-order valence-electron chi connectivity index (χ4n) is 3.05. The summed E-state index contributed by atoms with van der Waals surface area (Å²) < 4.78 is 12.5. The Morgan fingerprint density at radius 3 is 2.81 bits per heavy atom. The van der Waals surface area contributed by atoms with Crippen LogP contribution < -0.4 is 15.0 Å². The Bertz CT molecular complexity index is 1310. The molecule has 0 saturated carbocycles. The summed E-state index contributed by atoms with van der Waals surface area (Å²) in [6, 6.07) is 8.04. The van der Waals surface area contributed by atoms with Crippen molar-refractivity contribution in [3.63, 3.8) is 0 Å². The van der Waals surface area contributed by atoms with Gasteiger partial charge in [0, 0.05) is 22.5 Å². The predicted octanol–water partition coefficient (Wildman–Crippen LogP) is 3.92. The summed E-state index contributed by atoms with van der Waals surface area (Å²) in [5, 5.41) is 16.2. The van der Waals surface area contributed by atoms with E-state index >= 15 is 0 Å². The van der Waals surface area contributed by atoms with Crippen LogP contribution in [0.3, 0.4) is 0 Å². The number of ether oxygens (including phenoxy) is 2. The van der Waals surface area contributed by atoms with Crippen molar-refractivity contribution in [2.75, 3.05) is 13.7 Å². The Hall–Kier alpha value is -3.71. The van der Waals surface area contributed by atoms with Gasteiger partial charge in [0.2, 0.25) is 5.75 Å². The second-order valence-electron chi connectivity index (χ2n) is 6.62. The maximum Gasteiger partial charge on any atom is 0.315 e. The number of hydrogen-bond donors (Lipinski definition) is 0.